The van der Waals surface area contributed by atoms with E-state index >= 15 is 0 Å². The van der Waals surface area contributed by atoms with Gasteiger partial charge in [0.15, 0.2) is 0 Å². The Morgan fingerprint density at radius 2 is 2.29 bits per heavy atom. The van der Waals surface area contributed by atoms with Gasteiger partial charge in [-0.3, -0.25) is 0 Å². The summed E-state index contributed by atoms with van der Waals surface area (Å²) in [6.45, 7) is 6.35. The fourth-order valence-corrected chi connectivity index (χ4v) is 7.70. The monoisotopic (exact) mass is 412 g/mol. The molecule has 1 unspecified atom stereocenters. The minimum atomic E-state index is -3.40. The molecule has 0 amide bonds. The van der Waals surface area contributed by atoms with E-state index in [4.69, 9.17) is 0 Å². The SMILES string of the molecule is CCCNCc1cc(S(=O)(=O)N2CCSCC2C)c(Br)s1. The number of thioether (sulfide) groups is 1. The zero-order valence-corrected chi connectivity index (χ0v) is 16.3. The smallest absolute Gasteiger partial charge is 0.245 e. The van der Waals surface area contributed by atoms with Crippen LogP contribution in [0.4, 0.5) is 0 Å². The van der Waals surface area contributed by atoms with E-state index in [1.807, 2.05) is 18.7 Å². The van der Waals surface area contributed by atoms with Gasteiger partial charge >= 0.3 is 0 Å². The summed E-state index contributed by atoms with van der Waals surface area (Å²) in [5, 5.41) is 3.31. The van der Waals surface area contributed by atoms with Crippen LogP contribution in [0, 0.1) is 0 Å². The minimum absolute atomic E-state index is 0.0576. The molecule has 1 aliphatic rings. The second-order valence-corrected chi connectivity index (χ2v) is 10.5. The molecule has 2 heterocycles. The van der Waals surface area contributed by atoms with E-state index in [0.717, 1.165) is 35.9 Å². The first-order valence-corrected chi connectivity index (χ1v) is 11.3. The molecule has 1 aliphatic heterocycles. The molecule has 0 spiro atoms. The Morgan fingerprint density at radius 1 is 1.52 bits per heavy atom. The normalized spacial score (nSPS) is 20.8. The lowest BCUT2D eigenvalue weighted by atomic mass is 10.4. The molecule has 8 heteroatoms. The number of halogens is 1. The number of hydrogen-bond acceptors (Lipinski definition) is 5. The molecule has 1 fully saturated rings. The van der Waals surface area contributed by atoms with Gasteiger partial charge in [0, 0.05) is 35.5 Å². The van der Waals surface area contributed by atoms with Crippen LogP contribution in [0.15, 0.2) is 14.7 Å². The number of nitrogens with one attached hydrogen (secondary N) is 1. The summed E-state index contributed by atoms with van der Waals surface area (Å²) >= 11 is 6.74. The molecular weight excluding hydrogens is 392 g/mol. The molecule has 1 aromatic heterocycles. The van der Waals surface area contributed by atoms with Gasteiger partial charge in [-0.15, -0.1) is 11.3 Å². The van der Waals surface area contributed by atoms with Crippen LogP contribution < -0.4 is 5.32 Å². The first-order valence-electron chi connectivity index (χ1n) is 7.05. The number of thiophene rings is 1. The lowest BCUT2D eigenvalue weighted by Crippen LogP contribution is -2.44. The Morgan fingerprint density at radius 3 is 2.95 bits per heavy atom. The average molecular weight is 413 g/mol. The second-order valence-electron chi connectivity index (χ2n) is 5.07. The van der Waals surface area contributed by atoms with Gasteiger partial charge in [0.1, 0.15) is 4.90 Å². The van der Waals surface area contributed by atoms with E-state index in [-0.39, 0.29) is 6.04 Å². The highest BCUT2D eigenvalue weighted by molar-refractivity contribution is 9.11. The fraction of sp³-hybridized carbons (Fsp3) is 0.692. The summed E-state index contributed by atoms with van der Waals surface area (Å²) in [5.41, 5.74) is 0. The van der Waals surface area contributed by atoms with E-state index < -0.39 is 10.0 Å². The molecule has 4 nitrogen and oxygen atoms in total. The van der Waals surface area contributed by atoms with Gasteiger partial charge in [0.25, 0.3) is 0 Å². The molecule has 0 radical (unpaired) electrons. The van der Waals surface area contributed by atoms with E-state index in [1.165, 1.54) is 11.3 Å². The summed E-state index contributed by atoms with van der Waals surface area (Å²) in [5.74, 6) is 1.74. The van der Waals surface area contributed by atoms with Gasteiger partial charge in [0.05, 0.1) is 3.79 Å². The highest BCUT2D eigenvalue weighted by Crippen LogP contribution is 2.35. The van der Waals surface area contributed by atoms with Crippen LogP contribution in [0.25, 0.3) is 0 Å². The van der Waals surface area contributed by atoms with Crippen LogP contribution >= 0.6 is 39.0 Å². The lowest BCUT2D eigenvalue weighted by Gasteiger charge is -2.31. The van der Waals surface area contributed by atoms with Gasteiger partial charge in [-0.2, -0.15) is 16.1 Å². The van der Waals surface area contributed by atoms with Crippen molar-refractivity contribution in [2.75, 3.05) is 24.6 Å². The Hall–Kier alpha value is 0.400. The van der Waals surface area contributed by atoms with Crippen molar-refractivity contribution in [1.82, 2.24) is 9.62 Å². The van der Waals surface area contributed by atoms with Crippen molar-refractivity contribution in [2.24, 2.45) is 0 Å². The molecule has 2 rings (SSSR count). The predicted octanol–water partition coefficient (Wildman–Crippen LogP) is 3.14. The molecule has 0 aliphatic carbocycles. The summed E-state index contributed by atoms with van der Waals surface area (Å²) in [7, 11) is -3.40. The topological polar surface area (TPSA) is 49.4 Å². The van der Waals surface area contributed by atoms with Crippen molar-refractivity contribution in [2.45, 2.75) is 37.8 Å². The summed E-state index contributed by atoms with van der Waals surface area (Å²) < 4.78 is 28.0. The van der Waals surface area contributed by atoms with E-state index in [1.54, 1.807) is 10.4 Å². The average Bonchev–Trinajstić information content (AvgIpc) is 2.81. The van der Waals surface area contributed by atoms with Crippen molar-refractivity contribution in [3.63, 3.8) is 0 Å². The number of sulfonamides is 1. The molecule has 1 N–H and O–H groups in total. The van der Waals surface area contributed by atoms with E-state index in [0.29, 0.717) is 15.2 Å². The standard InChI is InChI=1S/C13H21BrN2O2S3/c1-3-4-15-8-11-7-12(13(14)20-11)21(17,18)16-5-6-19-9-10(16)2/h7,10,15H,3-6,8-9H2,1-2H3. The van der Waals surface area contributed by atoms with Crippen molar-refractivity contribution in [3.8, 4) is 0 Å². The van der Waals surface area contributed by atoms with Crippen molar-refractivity contribution < 1.29 is 8.42 Å². The molecule has 1 atom stereocenters. The van der Waals surface area contributed by atoms with Crippen LogP contribution in [0.3, 0.4) is 0 Å². The van der Waals surface area contributed by atoms with Gasteiger partial charge < -0.3 is 5.32 Å². The molecular formula is C13H21BrN2O2S3. The van der Waals surface area contributed by atoms with Gasteiger partial charge in [0.2, 0.25) is 10.0 Å². The summed E-state index contributed by atoms with van der Waals surface area (Å²) in [6, 6.07) is 1.86. The Bertz CT molecular complexity index is 574. The van der Waals surface area contributed by atoms with Crippen LogP contribution in [0.2, 0.25) is 0 Å². The lowest BCUT2D eigenvalue weighted by molar-refractivity contribution is 0.367. The Kier molecular flexibility index (Phi) is 6.58. The first kappa shape index (κ1) is 17.7. The van der Waals surface area contributed by atoms with Crippen LogP contribution in [0.5, 0.6) is 0 Å². The van der Waals surface area contributed by atoms with E-state index in [9.17, 15) is 8.42 Å². The number of nitrogens with zero attached hydrogens (tertiary/aromatic N) is 1. The number of hydrogen-bond donors (Lipinski definition) is 1. The summed E-state index contributed by atoms with van der Waals surface area (Å²) in [4.78, 5) is 1.47. The summed E-state index contributed by atoms with van der Waals surface area (Å²) in [6.07, 6.45) is 1.07. The predicted molar refractivity (Wildman–Crippen MR) is 94.7 cm³/mol. The molecule has 21 heavy (non-hydrogen) atoms. The molecule has 0 saturated carbocycles. The first-order chi connectivity index (χ1) is 9.96. The quantitative estimate of drug-likeness (QED) is 0.728. The minimum Gasteiger partial charge on any atom is -0.312 e. The highest BCUT2D eigenvalue weighted by atomic mass is 79.9. The van der Waals surface area contributed by atoms with Gasteiger partial charge in [-0.25, -0.2) is 8.42 Å². The molecule has 120 valence electrons. The van der Waals surface area contributed by atoms with Crippen molar-refractivity contribution in [1.29, 1.82) is 0 Å². The van der Waals surface area contributed by atoms with Gasteiger partial charge in [-0.1, -0.05) is 6.92 Å². The third-order valence-electron chi connectivity index (χ3n) is 3.33. The van der Waals surface area contributed by atoms with Crippen LogP contribution in [-0.4, -0.2) is 43.4 Å². The zero-order chi connectivity index (χ0) is 15.5. The molecule has 1 aromatic rings. The third kappa shape index (κ3) is 4.23. The highest BCUT2D eigenvalue weighted by Gasteiger charge is 2.33. The Labute approximate surface area is 143 Å². The molecule has 0 aromatic carbocycles. The molecule has 0 bridgehead atoms. The van der Waals surface area contributed by atoms with E-state index in [2.05, 4.69) is 28.2 Å². The number of rotatable bonds is 6. The molecule has 1 saturated heterocycles. The van der Waals surface area contributed by atoms with Crippen molar-refractivity contribution >= 4 is 49.1 Å². The van der Waals surface area contributed by atoms with Crippen LogP contribution in [0.1, 0.15) is 25.1 Å². The largest absolute Gasteiger partial charge is 0.312 e. The van der Waals surface area contributed by atoms with Crippen LogP contribution in [-0.2, 0) is 16.6 Å². The van der Waals surface area contributed by atoms with Crippen molar-refractivity contribution in [3.05, 3.63) is 14.7 Å². The second kappa shape index (κ2) is 7.79. The Balaban J connectivity index is 2.19. The van der Waals surface area contributed by atoms with Gasteiger partial charge in [-0.05, 0) is 41.9 Å². The fourth-order valence-electron chi connectivity index (χ4n) is 2.24. The maximum Gasteiger partial charge on any atom is 0.245 e. The maximum absolute atomic E-state index is 12.8. The zero-order valence-electron chi connectivity index (χ0n) is 12.3. The third-order valence-corrected chi connectivity index (χ3v) is 8.78. The maximum atomic E-state index is 12.8.